The first-order chi connectivity index (χ1) is 7.47. The number of hydrogen-bond donors (Lipinski definition) is 0. The van der Waals surface area contributed by atoms with Gasteiger partial charge in [0.25, 0.3) is 0 Å². The highest BCUT2D eigenvalue weighted by Gasteiger charge is 2.01. The summed E-state index contributed by atoms with van der Waals surface area (Å²) in [4.78, 5) is 6.73. The molecule has 0 aliphatic rings. The molecule has 0 bridgehead atoms. The van der Waals surface area contributed by atoms with E-state index in [9.17, 15) is 0 Å². The molecule has 0 saturated carbocycles. The number of nitrogens with zero attached hydrogens (tertiary/aromatic N) is 2. The lowest BCUT2D eigenvalue weighted by Gasteiger charge is -2.19. The molecule has 0 aromatic heterocycles. The molecule has 0 saturated heterocycles. The summed E-state index contributed by atoms with van der Waals surface area (Å²) >= 11 is 0. The second-order valence-electron chi connectivity index (χ2n) is 5.01. The molecule has 0 aromatic carbocycles. The van der Waals surface area contributed by atoms with Gasteiger partial charge in [-0.05, 0) is 32.6 Å². The topological polar surface area (TPSA) is 15.6 Å². The highest BCUT2D eigenvalue weighted by Crippen LogP contribution is 2.04. The Hall–Kier alpha value is -0.790. The first-order valence-electron chi connectivity index (χ1n) is 6.38. The van der Waals surface area contributed by atoms with Gasteiger partial charge in [0.1, 0.15) is 5.84 Å². The predicted molar refractivity (Wildman–Crippen MR) is 73.9 cm³/mol. The normalized spacial score (nSPS) is 13.4. The first kappa shape index (κ1) is 15.2. The number of allylic oxidation sites excluding steroid dienone is 1. The van der Waals surface area contributed by atoms with Gasteiger partial charge in [-0.25, -0.2) is 4.99 Å². The van der Waals surface area contributed by atoms with Crippen molar-refractivity contribution >= 4 is 5.84 Å². The van der Waals surface area contributed by atoms with Gasteiger partial charge in [0, 0.05) is 19.8 Å². The molecule has 2 nitrogen and oxygen atoms in total. The second kappa shape index (κ2) is 8.37. The lowest BCUT2D eigenvalue weighted by molar-refractivity contribution is 0.435. The van der Waals surface area contributed by atoms with Crippen molar-refractivity contribution in [2.45, 2.75) is 53.9 Å². The van der Waals surface area contributed by atoms with E-state index in [-0.39, 0.29) is 0 Å². The number of aliphatic imine (C=N–C) groups is 1. The van der Waals surface area contributed by atoms with E-state index in [2.05, 4.69) is 51.6 Å². The maximum absolute atomic E-state index is 4.50. The van der Waals surface area contributed by atoms with Gasteiger partial charge in [-0.1, -0.05) is 32.8 Å². The number of amidine groups is 1. The number of hydrogen-bond acceptors (Lipinski definition) is 1. The Balaban J connectivity index is 4.15. The van der Waals surface area contributed by atoms with Crippen LogP contribution in [0.5, 0.6) is 0 Å². The van der Waals surface area contributed by atoms with Crippen molar-refractivity contribution in [3.05, 3.63) is 11.8 Å². The Morgan fingerprint density at radius 1 is 1.31 bits per heavy atom. The summed E-state index contributed by atoms with van der Waals surface area (Å²) in [7, 11) is 2.12. The van der Waals surface area contributed by atoms with Gasteiger partial charge in [0.05, 0.1) is 0 Å². The van der Waals surface area contributed by atoms with Crippen molar-refractivity contribution in [1.82, 2.24) is 4.90 Å². The fourth-order valence-corrected chi connectivity index (χ4v) is 1.37. The standard InChI is InChI=1S/C14H28N2/c1-7-8-13(4)11-15-14(5)16(6)10-9-12(2)3/h11-12H,7-10H2,1-6H3/b13-11+,15-14+. The minimum atomic E-state index is 0.757. The van der Waals surface area contributed by atoms with E-state index in [1.165, 1.54) is 18.4 Å². The van der Waals surface area contributed by atoms with Crippen molar-refractivity contribution in [2.75, 3.05) is 13.6 Å². The molecule has 0 rings (SSSR count). The zero-order chi connectivity index (χ0) is 12.6. The van der Waals surface area contributed by atoms with Crippen LogP contribution in [0.4, 0.5) is 0 Å². The van der Waals surface area contributed by atoms with Crippen LogP contribution in [0.15, 0.2) is 16.8 Å². The Labute approximate surface area is 101 Å². The van der Waals surface area contributed by atoms with Crippen LogP contribution in [-0.2, 0) is 0 Å². The molecule has 0 N–H and O–H groups in total. The van der Waals surface area contributed by atoms with Gasteiger partial charge >= 0.3 is 0 Å². The third-order valence-electron chi connectivity index (χ3n) is 2.71. The lowest BCUT2D eigenvalue weighted by atomic mass is 10.1. The van der Waals surface area contributed by atoms with Crippen LogP contribution in [0.25, 0.3) is 0 Å². The average Bonchev–Trinajstić information content (AvgIpc) is 2.22. The van der Waals surface area contributed by atoms with Gasteiger partial charge < -0.3 is 4.90 Å². The SMILES string of the molecule is CCC/C(C)=C/N=C(\C)N(C)CCC(C)C. The largest absolute Gasteiger partial charge is 0.363 e. The second-order valence-corrected chi connectivity index (χ2v) is 5.01. The molecule has 94 valence electrons. The summed E-state index contributed by atoms with van der Waals surface area (Å²) in [5.41, 5.74) is 1.36. The molecule has 0 aromatic rings. The molecule has 0 atom stereocenters. The molecular weight excluding hydrogens is 196 g/mol. The average molecular weight is 224 g/mol. The van der Waals surface area contributed by atoms with Gasteiger partial charge in [-0.3, -0.25) is 0 Å². The van der Waals surface area contributed by atoms with E-state index in [0.29, 0.717) is 0 Å². The fourth-order valence-electron chi connectivity index (χ4n) is 1.37. The lowest BCUT2D eigenvalue weighted by Crippen LogP contribution is -2.25. The van der Waals surface area contributed by atoms with Crippen LogP contribution in [-0.4, -0.2) is 24.3 Å². The van der Waals surface area contributed by atoms with Gasteiger partial charge in [-0.15, -0.1) is 0 Å². The summed E-state index contributed by atoms with van der Waals surface area (Å²) in [6.07, 6.45) is 5.57. The van der Waals surface area contributed by atoms with E-state index in [4.69, 9.17) is 0 Å². The van der Waals surface area contributed by atoms with Gasteiger partial charge in [0.2, 0.25) is 0 Å². The van der Waals surface area contributed by atoms with Crippen molar-refractivity contribution in [3.63, 3.8) is 0 Å². The minimum Gasteiger partial charge on any atom is -0.363 e. The van der Waals surface area contributed by atoms with Crippen LogP contribution in [0.3, 0.4) is 0 Å². The molecule has 0 fully saturated rings. The molecule has 0 spiro atoms. The number of rotatable bonds is 6. The summed E-state index contributed by atoms with van der Waals surface area (Å²) in [5.74, 6) is 1.86. The third-order valence-corrected chi connectivity index (χ3v) is 2.71. The van der Waals surface area contributed by atoms with Crippen molar-refractivity contribution in [2.24, 2.45) is 10.9 Å². The molecule has 0 radical (unpaired) electrons. The maximum atomic E-state index is 4.50. The van der Waals surface area contributed by atoms with Crippen molar-refractivity contribution < 1.29 is 0 Å². The Bertz CT molecular complexity index is 239. The summed E-state index contributed by atoms with van der Waals surface area (Å²) in [6, 6.07) is 0. The predicted octanol–water partition coefficient (Wildman–Crippen LogP) is 4.09. The first-order valence-corrected chi connectivity index (χ1v) is 6.38. The molecule has 0 aliphatic heterocycles. The monoisotopic (exact) mass is 224 g/mol. The minimum absolute atomic E-state index is 0.757. The van der Waals surface area contributed by atoms with E-state index in [0.717, 1.165) is 24.7 Å². The quantitative estimate of drug-likeness (QED) is 0.490. The highest BCUT2D eigenvalue weighted by atomic mass is 15.1. The van der Waals surface area contributed by atoms with Crippen LogP contribution < -0.4 is 0 Å². The molecule has 16 heavy (non-hydrogen) atoms. The molecule has 0 unspecified atom stereocenters. The molecule has 0 amide bonds. The fraction of sp³-hybridized carbons (Fsp3) is 0.786. The van der Waals surface area contributed by atoms with Crippen molar-refractivity contribution in [1.29, 1.82) is 0 Å². The van der Waals surface area contributed by atoms with Crippen LogP contribution in [0.2, 0.25) is 0 Å². The molecular formula is C14H28N2. The molecule has 0 aliphatic carbocycles. The highest BCUT2D eigenvalue weighted by molar-refractivity contribution is 5.79. The Morgan fingerprint density at radius 2 is 1.94 bits per heavy atom. The van der Waals surface area contributed by atoms with Crippen LogP contribution in [0.1, 0.15) is 53.9 Å². The van der Waals surface area contributed by atoms with E-state index < -0.39 is 0 Å². The van der Waals surface area contributed by atoms with Gasteiger partial charge in [-0.2, -0.15) is 0 Å². The zero-order valence-corrected chi connectivity index (χ0v) is 11.9. The van der Waals surface area contributed by atoms with Gasteiger partial charge in [0.15, 0.2) is 0 Å². The smallest absolute Gasteiger partial charge is 0.101 e. The zero-order valence-electron chi connectivity index (χ0n) is 11.9. The Morgan fingerprint density at radius 3 is 2.44 bits per heavy atom. The third kappa shape index (κ3) is 7.49. The van der Waals surface area contributed by atoms with E-state index >= 15 is 0 Å². The van der Waals surface area contributed by atoms with Crippen LogP contribution in [0, 0.1) is 5.92 Å². The van der Waals surface area contributed by atoms with E-state index in [1.54, 1.807) is 0 Å². The summed E-state index contributed by atoms with van der Waals surface area (Å²) < 4.78 is 0. The van der Waals surface area contributed by atoms with Crippen LogP contribution >= 0.6 is 0 Å². The molecule has 0 heterocycles. The van der Waals surface area contributed by atoms with Crippen molar-refractivity contribution in [3.8, 4) is 0 Å². The summed E-state index contributed by atoms with van der Waals surface area (Å²) in [5, 5.41) is 0. The Kier molecular flexibility index (Phi) is 7.96. The molecule has 2 heteroatoms. The maximum Gasteiger partial charge on any atom is 0.101 e. The summed E-state index contributed by atoms with van der Waals surface area (Å²) in [6.45, 7) is 12.0. The van der Waals surface area contributed by atoms with E-state index in [1.807, 2.05) is 6.20 Å².